The van der Waals surface area contributed by atoms with Gasteiger partial charge in [-0.15, -0.1) is 0 Å². The molecule has 0 unspecified atom stereocenters. The van der Waals surface area contributed by atoms with E-state index in [-0.39, 0.29) is 19.0 Å². The Morgan fingerprint density at radius 2 is 1.65 bits per heavy atom. The van der Waals surface area contributed by atoms with Gasteiger partial charge in [-0.05, 0) is 0 Å². The van der Waals surface area contributed by atoms with Crippen LogP contribution in [-0.2, 0) is 0 Å². The Morgan fingerprint density at radius 1 is 1.00 bits per heavy atom. The zero-order chi connectivity index (χ0) is 12.1. The average Bonchev–Trinajstić information content (AvgIpc) is 2.38. The third-order valence-corrected chi connectivity index (χ3v) is 6.21. The molecule has 0 fully saturated rings. The second-order valence-corrected chi connectivity index (χ2v) is 7.50. The third kappa shape index (κ3) is 3.90. The first-order chi connectivity index (χ1) is 8.25. The molecule has 1 nitrogen and oxygen atoms in total. The second kappa shape index (κ2) is 6.27. The zero-order valence-electron chi connectivity index (χ0n) is 8.80. The molecule has 2 rings (SSSR count). The van der Waals surface area contributed by atoms with Crippen LogP contribution in [0.4, 0.5) is 0 Å². The van der Waals surface area contributed by atoms with Crippen LogP contribution in [0.1, 0.15) is 10.4 Å². The van der Waals surface area contributed by atoms with Gasteiger partial charge in [0.1, 0.15) is 0 Å². The van der Waals surface area contributed by atoms with Gasteiger partial charge in [0.25, 0.3) is 0 Å². The summed E-state index contributed by atoms with van der Waals surface area (Å²) in [4.78, 5) is 11.9. The Balaban J connectivity index is 1.96. The molecule has 86 valence electrons. The molecule has 2 aromatic rings. The molecule has 0 N–H and O–H groups in total. The normalized spacial score (nSPS) is 10.2. The summed E-state index contributed by atoms with van der Waals surface area (Å²) in [6, 6.07) is 17.1. The van der Waals surface area contributed by atoms with Gasteiger partial charge in [0.05, 0.1) is 0 Å². The first-order valence-corrected chi connectivity index (χ1v) is 9.02. The van der Waals surface area contributed by atoms with E-state index in [1.165, 1.54) is 14.6 Å². The molecule has 2 aromatic carbocycles. The van der Waals surface area contributed by atoms with Crippen LogP contribution in [0.25, 0.3) is 0 Å². The van der Waals surface area contributed by atoms with Crippen molar-refractivity contribution in [2.24, 2.45) is 0 Å². The van der Waals surface area contributed by atoms with E-state index in [0.29, 0.717) is 10.6 Å². The summed E-state index contributed by atoms with van der Waals surface area (Å²) >= 11 is 5.90. The Hall–Kier alpha value is -0.731. The van der Waals surface area contributed by atoms with E-state index in [1.54, 1.807) is 24.3 Å². The maximum absolute atomic E-state index is 11.9. The minimum atomic E-state index is 0.102. The van der Waals surface area contributed by atoms with Crippen LogP contribution in [-0.4, -0.2) is 19.0 Å². The fourth-order valence-electron chi connectivity index (χ4n) is 1.20. The van der Waals surface area contributed by atoms with Gasteiger partial charge in [-0.25, -0.2) is 0 Å². The molecule has 0 spiro atoms. The first kappa shape index (κ1) is 12.7. The molecule has 17 heavy (non-hydrogen) atoms. The maximum atomic E-state index is 11.9. The molecule has 0 aliphatic rings. The van der Waals surface area contributed by atoms with E-state index < -0.39 is 0 Å². The Kier molecular flexibility index (Phi) is 4.69. The molecule has 0 aliphatic heterocycles. The average molecular weight is 328 g/mol. The van der Waals surface area contributed by atoms with Crippen LogP contribution in [0.5, 0.6) is 0 Å². The van der Waals surface area contributed by atoms with Gasteiger partial charge in [-0.2, -0.15) is 0 Å². The van der Waals surface area contributed by atoms with Gasteiger partial charge in [0.15, 0.2) is 0 Å². The Labute approximate surface area is 115 Å². The van der Waals surface area contributed by atoms with Gasteiger partial charge < -0.3 is 0 Å². The van der Waals surface area contributed by atoms with E-state index in [0.717, 1.165) is 0 Å². The molecular formula is C13H9ClOSSe. The summed E-state index contributed by atoms with van der Waals surface area (Å²) < 4.78 is 1.22. The van der Waals surface area contributed by atoms with E-state index in [1.807, 2.05) is 30.3 Å². The van der Waals surface area contributed by atoms with Crippen molar-refractivity contribution < 1.29 is 4.79 Å². The molecule has 0 aliphatic carbocycles. The van der Waals surface area contributed by atoms with Crippen molar-refractivity contribution in [1.29, 1.82) is 0 Å². The van der Waals surface area contributed by atoms with Crippen LogP contribution in [0.15, 0.2) is 54.6 Å². The number of rotatable bonds is 3. The fraction of sp³-hybridized carbons (Fsp3) is 0. The first-order valence-electron chi connectivity index (χ1n) is 4.95. The van der Waals surface area contributed by atoms with E-state index in [4.69, 9.17) is 11.6 Å². The molecule has 0 amide bonds. The number of carbonyl (C=O) groups excluding carboxylic acids is 1. The standard InChI is InChI=1S/C13H9ClOSSe/c14-11-8-6-10(7-9-11)13(15)16-17-12-4-2-1-3-5-12/h1-9H. The molecule has 0 saturated carbocycles. The number of hydrogen-bond acceptors (Lipinski definition) is 2. The molecule has 0 aromatic heterocycles. The van der Waals surface area contributed by atoms with Crippen molar-refractivity contribution in [2.45, 2.75) is 0 Å². The summed E-state index contributed by atoms with van der Waals surface area (Å²) in [6.45, 7) is 0. The Bertz CT molecular complexity index is 499. The summed E-state index contributed by atoms with van der Waals surface area (Å²) in [7, 11) is 1.37. The quantitative estimate of drug-likeness (QED) is 0.806. The minimum absolute atomic E-state index is 0.102. The van der Waals surface area contributed by atoms with Crippen molar-refractivity contribution in [3.63, 3.8) is 0 Å². The molecule has 0 heterocycles. The van der Waals surface area contributed by atoms with Crippen LogP contribution < -0.4 is 4.46 Å². The van der Waals surface area contributed by atoms with Gasteiger partial charge in [0.2, 0.25) is 0 Å². The molecule has 4 heteroatoms. The summed E-state index contributed by atoms with van der Waals surface area (Å²) in [5, 5.41) is 0.755. The SMILES string of the molecule is O=C(S[Se]c1ccccc1)c1ccc(Cl)cc1. The van der Waals surface area contributed by atoms with Gasteiger partial charge in [-0.3, -0.25) is 0 Å². The molecular weight excluding hydrogens is 319 g/mol. The van der Waals surface area contributed by atoms with Gasteiger partial charge in [0, 0.05) is 0 Å². The van der Waals surface area contributed by atoms with Crippen LogP contribution in [0.2, 0.25) is 5.02 Å². The van der Waals surface area contributed by atoms with Crippen molar-refractivity contribution in [1.82, 2.24) is 0 Å². The number of halogens is 1. The van der Waals surface area contributed by atoms with Crippen molar-refractivity contribution in [3.05, 3.63) is 65.2 Å². The molecule has 0 bridgehead atoms. The molecule has 0 saturated heterocycles. The summed E-state index contributed by atoms with van der Waals surface area (Å²) in [6.07, 6.45) is 0. The van der Waals surface area contributed by atoms with E-state index >= 15 is 0 Å². The van der Waals surface area contributed by atoms with Crippen molar-refractivity contribution in [2.75, 3.05) is 0 Å². The Morgan fingerprint density at radius 3 is 2.29 bits per heavy atom. The third-order valence-electron chi connectivity index (χ3n) is 2.04. The number of hydrogen-bond donors (Lipinski definition) is 0. The van der Waals surface area contributed by atoms with Crippen molar-refractivity contribution in [3.8, 4) is 0 Å². The monoisotopic (exact) mass is 328 g/mol. The van der Waals surface area contributed by atoms with Gasteiger partial charge in [-0.1, -0.05) is 0 Å². The van der Waals surface area contributed by atoms with E-state index in [2.05, 4.69) is 0 Å². The van der Waals surface area contributed by atoms with Crippen LogP contribution >= 0.6 is 21.8 Å². The number of benzene rings is 2. The summed E-state index contributed by atoms with van der Waals surface area (Å²) in [5.41, 5.74) is 0.706. The molecule has 0 atom stereocenters. The topological polar surface area (TPSA) is 17.1 Å². The fourth-order valence-corrected chi connectivity index (χ4v) is 4.55. The molecule has 0 radical (unpaired) electrons. The van der Waals surface area contributed by atoms with Gasteiger partial charge >= 0.3 is 115 Å². The predicted octanol–water partition coefficient (Wildman–Crippen LogP) is 3.16. The second-order valence-electron chi connectivity index (χ2n) is 3.27. The zero-order valence-corrected chi connectivity index (χ0v) is 12.1. The number of carbonyl (C=O) groups is 1. The predicted molar refractivity (Wildman–Crippen MR) is 75.2 cm³/mol. The van der Waals surface area contributed by atoms with Crippen LogP contribution in [0, 0.1) is 0 Å². The van der Waals surface area contributed by atoms with Crippen molar-refractivity contribution >= 4 is 45.2 Å². The van der Waals surface area contributed by atoms with Crippen LogP contribution in [0.3, 0.4) is 0 Å². The summed E-state index contributed by atoms with van der Waals surface area (Å²) in [5.74, 6) is 0. The van der Waals surface area contributed by atoms with E-state index in [9.17, 15) is 4.79 Å².